The first-order valence-electron chi connectivity index (χ1n) is 6.82. The predicted molar refractivity (Wildman–Crippen MR) is 83.2 cm³/mol. The molecule has 0 saturated carbocycles. The molecule has 0 unspecified atom stereocenters. The Labute approximate surface area is 132 Å². The van der Waals surface area contributed by atoms with E-state index in [1.165, 1.54) is 6.92 Å². The van der Waals surface area contributed by atoms with E-state index in [1.54, 1.807) is 47.2 Å². The van der Waals surface area contributed by atoms with Gasteiger partial charge in [0, 0.05) is 24.4 Å². The summed E-state index contributed by atoms with van der Waals surface area (Å²) in [7, 11) is 0. The van der Waals surface area contributed by atoms with Gasteiger partial charge in [-0.2, -0.15) is 0 Å². The number of carboxylic acids is 1. The highest BCUT2D eigenvalue weighted by Crippen LogP contribution is 2.15. The normalized spacial score (nSPS) is 11.3. The molecule has 1 aromatic heterocycles. The summed E-state index contributed by atoms with van der Waals surface area (Å²) in [5.74, 6) is -3.26. The molecule has 0 bridgehead atoms. The highest BCUT2D eigenvalue weighted by Gasteiger charge is 2.13. The van der Waals surface area contributed by atoms with E-state index >= 15 is 0 Å². The number of benzene rings is 1. The van der Waals surface area contributed by atoms with Gasteiger partial charge in [-0.1, -0.05) is 24.3 Å². The van der Waals surface area contributed by atoms with Crippen molar-refractivity contribution in [3.63, 3.8) is 0 Å². The number of hydrogen-bond acceptors (Lipinski definition) is 4. The molecule has 0 atom stereocenters. The molecule has 0 radical (unpaired) electrons. The SMILES string of the molecule is CC(=O)c1ccc(Cn2cccc2C(O)=CC(=O)C(=O)O)cc1. The summed E-state index contributed by atoms with van der Waals surface area (Å²) in [5.41, 5.74) is 1.83. The van der Waals surface area contributed by atoms with Crippen molar-refractivity contribution < 1.29 is 24.6 Å². The molecule has 118 valence electrons. The maximum absolute atomic E-state index is 11.2. The second kappa shape index (κ2) is 6.74. The first-order chi connectivity index (χ1) is 10.9. The number of aromatic nitrogens is 1. The minimum Gasteiger partial charge on any atom is -0.506 e. The molecule has 2 N–H and O–H groups in total. The van der Waals surface area contributed by atoms with Crippen LogP contribution in [0, 0.1) is 0 Å². The number of aliphatic hydroxyl groups excluding tert-OH is 1. The van der Waals surface area contributed by atoms with Gasteiger partial charge in [-0.05, 0) is 24.6 Å². The van der Waals surface area contributed by atoms with Crippen molar-refractivity contribution in [3.05, 3.63) is 65.5 Å². The van der Waals surface area contributed by atoms with E-state index in [1.807, 2.05) is 0 Å². The summed E-state index contributed by atoms with van der Waals surface area (Å²) < 4.78 is 1.67. The lowest BCUT2D eigenvalue weighted by Gasteiger charge is -2.09. The highest BCUT2D eigenvalue weighted by atomic mass is 16.4. The number of carboxylic acid groups (broad SMARTS) is 1. The van der Waals surface area contributed by atoms with Crippen LogP contribution in [0.2, 0.25) is 0 Å². The molecule has 1 heterocycles. The first-order valence-corrected chi connectivity index (χ1v) is 6.82. The molecule has 0 aliphatic heterocycles. The van der Waals surface area contributed by atoms with Crippen LogP contribution in [0.25, 0.3) is 5.76 Å². The monoisotopic (exact) mass is 313 g/mol. The zero-order valence-electron chi connectivity index (χ0n) is 12.4. The molecule has 0 spiro atoms. The quantitative estimate of drug-likeness (QED) is 0.369. The van der Waals surface area contributed by atoms with Crippen molar-refractivity contribution in [1.29, 1.82) is 0 Å². The smallest absolute Gasteiger partial charge is 0.376 e. The second-order valence-corrected chi connectivity index (χ2v) is 4.97. The zero-order chi connectivity index (χ0) is 17.0. The summed E-state index contributed by atoms with van der Waals surface area (Å²) in [5, 5.41) is 18.5. The molecule has 6 nitrogen and oxygen atoms in total. The van der Waals surface area contributed by atoms with Gasteiger partial charge in [0.25, 0.3) is 5.78 Å². The van der Waals surface area contributed by atoms with Crippen molar-refractivity contribution in [2.45, 2.75) is 13.5 Å². The van der Waals surface area contributed by atoms with Gasteiger partial charge in [-0.3, -0.25) is 9.59 Å². The van der Waals surface area contributed by atoms with Crippen LogP contribution in [0.3, 0.4) is 0 Å². The highest BCUT2D eigenvalue weighted by molar-refractivity contribution is 6.38. The Bertz CT molecular complexity index is 784. The summed E-state index contributed by atoms with van der Waals surface area (Å²) >= 11 is 0. The van der Waals surface area contributed by atoms with Crippen LogP contribution >= 0.6 is 0 Å². The third kappa shape index (κ3) is 3.94. The first kappa shape index (κ1) is 16.2. The Hall–Kier alpha value is -3.15. The molecule has 0 fully saturated rings. The topological polar surface area (TPSA) is 96.6 Å². The lowest BCUT2D eigenvalue weighted by molar-refractivity contribution is -0.146. The molecule has 1 aromatic carbocycles. The Morgan fingerprint density at radius 1 is 1.09 bits per heavy atom. The molecule has 6 heteroatoms. The summed E-state index contributed by atoms with van der Waals surface area (Å²) in [6.45, 7) is 1.89. The van der Waals surface area contributed by atoms with Crippen molar-refractivity contribution >= 4 is 23.3 Å². The van der Waals surface area contributed by atoms with Gasteiger partial charge in [0.05, 0.1) is 5.69 Å². The third-order valence-corrected chi connectivity index (χ3v) is 3.28. The number of nitrogens with zero attached hydrogens (tertiary/aromatic N) is 1. The minimum absolute atomic E-state index is 0.0223. The maximum Gasteiger partial charge on any atom is 0.376 e. The maximum atomic E-state index is 11.2. The molecule has 0 aliphatic rings. The largest absolute Gasteiger partial charge is 0.506 e. The van der Waals surface area contributed by atoms with Crippen molar-refractivity contribution in [1.82, 2.24) is 4.57 Å². The second-order valence-electron chi connectivity index (χ2n) is 4.97. The van der Waals surface area contributed by atoms with Crippen molar-refractivity contribution in [2.24, 2.45) is 0 Å². The number of hydrogen-bond donors (Lipinski definition) is 2. The van der Waals surface area contributed by atoms with Gasteiger partial charge >= 0.3 is 5.97 Å². The molecular formula is C17H15NO5. The van der Waals surface area contributed by atoms with Crippen LogP contribution < -0.4 is 0 Å². The van der Waals surface area contributed by atoms with Gasteiger partial charge in [0.15, 0.2) is 5.78 Å². The number of aliphatic carboxylic acids is 1. The van der Waals surface area contributed by atoms with Gasteiger partial charge in [-0.15, -0.1) is 0 Å². The van der Waals surface area contributed by atoms with E-state index in [-0.39, 0.29) is 5.78 Å². The Morgan fingerprint density at radius 3 is 2.30 bits per heavy atom. The molecule has 0 amide bonds. The zero-order valence-corrected chi connectivity index (χ0v) is 12.4. The number of ketones is 2. The number of Topliss-reactive ketones (excluding diaryl/α,β-unsaturated/α-hetero) is 1. The molecular weight excluding hydrogens is 298 g/mol. The number of aliphatic hydroxyl groups is 1. The van der Waals surface area contributed by atoms with E-state index in [2.05, 4.69) is 0 Å². The number of rotatable bonds is 6. The van der Waals surface area contributed by atoms with E-state index in [0.29, 0.717) is 23.9 Å². The third-order valence-electron chi connectivity index (χ3n) is 3.28. The van der Waals surface area contributed by atoms with Crippen molar-refractivity contribution in [2.75, 3.05) is 0 Å². The molecule has 2 rings (SSSR count). The molecule has 2 aromatic rings. The summed E-state index contributed by atoms with van der Waals surface area (Å²) in [6.07, 6.45) is 2.37. The molecule has 0 saturated heterocycles. The molecule has 23 heavy (non-hydrogen) atoms. The van der Waals surface area contributed by atoms with E-state index in [4.69, 9.17) is 5.11 Å². The Morgan fingerprint density at radius 2 is 1.74 bits per heavy atom. The molecule has 0 aliphatic carbocycles. The van der Waals surface area contributed by atoms with Crippen LogP contribution in [0.15, 0.2) is 48.7 Å². The fourth-order valence-corrected chi connectivity index (χ4v) is 2.09. The van der Waals surface area contributed by atoms with E-state index in [0.717, 1.165) is 5.56 Å². The fraction of sp³-hybridized carbons (Fsp3) is 0.118. The summed E-state index contributed by atoms with van der Waals surface area (Å²) in [6, 6.07) is 10.3. The van der Waals surface area contributed by atoms with Gasteiger partial charge in [0.2, 0.25) is 0 Å². The number of carbonyl (C=O) groups excluding carboxylic acids is 2. The minimum atomic E-state index is -1.63. The van der Waals surface area contributed by atoms with Gasteiger partial charge in [0.1, 0.15) is 5.76 Å². The number of carbonyl (C=O) groups is 3. The average Bonchev–Trinajstić information content (AvgIpc) is 2.95. The summed E-state index contributed by atoms with van der Waals surface area (Å²) in [4.78, 5) is 32.9. The van der Waals surface area contributed by atoms with Crippen LogP contribution in [0.5, 0.6) is 0 Å². The van der Waals surface area contributed by atoms with Gasteiger partial charge in [-0.25, -0.2) is 4.79 Å². The predicted octanol–water partition coefficient (Wildman–Crippen LogP) is 2.29. The standard InChI is InChI=1S/C17H15NO5/c1-11(19)13-6-4-12(5-7-13)10-18-8-2-3-14(18)15(20)9-16(21)17(22)23/h2-9,20H,10H2,1H3,(H,22,23). The lowest BCUT2D eigenvalue weighted by atomic mass is 10.1. The Balaban J connectivity index is 2.22. The van der Waals surface area contributed by atoms with Crippen LogP contribution in [-0.4, -0.2) is 32.3 Å². The van der Waals surface area contributed by atoms with Crippen LogP contribution in [0.4, 0.5) is 0 Å². The lowest BCUT2D eigenvalue weighted by Crippen LogP contribution is -2.10. The van der Waals surface area contributed by atoms with E-state index in [9.17, 15) is 19.5 Å². The fourth-order valence-electron chi connectivity index (χ4n) is 2.09. The van der Waals surface area contributed by atoms with Crippen LogP contribution in [0.1, 0.15) is 28.5 Å². The van der Waals surface area contributed by atoms with Crippen molar-refractivity contribution in [3.8, 4) is 0 Å². The Kier molecular flexibility index (Phi) is 4.75. The van der Waals surface area contributed by atoms with Gasteiger partial charge < -0.3 is 14.8 Å². The van der Waals surface area contributed by atoms with Crippen LogP contribution in [-0.2, 0) is 16.1 Å². The average molecular weight is 313 g/mol. The van der Waals surface area contributed by atoms with E-state index < -0.39 is 17.5 Å².